The molecular formula is C18H13BO4. The summed E-state index contributed by atoms with van der Waals surface area (Å²) in [5.74, 6) is -0.446. The van der Waals surface area contributed by atoms with Crippen LogP contribution in [0.15, 0.2) is 57.7 Å². The van der Waals surface area contributed by atoms with Crippen molar-refractivity contribution in [3.8, 4) is 5.75 Å². The molecule has 0 saturated carbocycles. The van der Waals surface area contributed by atoms with Gasteiger partial charge in [-0.3, -0.25) is 0 Å². The van der Waals surface area contributed by atoms with Gasteiger partial charge in [-0.2, -0.15) is 0 Å². The zero-order chi connectivity index (χ0) is 16.4. The van der Waals surface area contributed by atoms with E-state index in [1.807, 2.05) is 19.1 Å². The van der Waals surface area contributed by atoms with E-state index >= 15 is 0 Å². The first-order valence-electron chi connectivity index (χ1n) is 7.21. The second-order valence-electron chi connectivity index (χ2n) is 5.13. The Kier molecular flexibility index (Phi) is 4.02. The number of aryl methyl sites for hydroxylation is 1. The van der Waals surface area contributed by atoms with Crippen LogP contribution in [0.1, 0.15) is 22.8 Å². The minimum atomic E-state index is -0.757. The van der Waals surface area contributed by atoms with Gasteiger partial charge in [0.25, 0.3) is 0 Å². The molecule has 0 aliphatic heterocycles. The summed E-state index contributed by atoms with van der Waals surface area (Å²) in [4.78, 5) is 24.2. The van der Waals surface area contributed by atoms with Crippen molar-refractivity contribution in [2.75, 3.05) is 0 Å². The highest BCUT2D eigenvalue weighted by atomic mass is 16.5. The van der Waals surface area contributed by atoms with Crippen molar-refractivity contribution >= 4 is 30.2 Å². The number of rotatable bonds is 3. The Hall–Kier alpha value is -2.82. The molecule has 23 heavy (non-hydrogen) atoms. The van der Waals surface area contributed by atoms with Gasteiger partial charge in [-0.1, -0.05) is 30.6 Å². The minimum Gasteiger partial charge on any atom is -0.423 e. The molecule has 112 valence electrons. The van der Waals surface area contributed by atoms with Gasteiger partial charge in [-0.05, 0) is 42.3 Å². The molecule has 0 unspecified atom stereocenters. The fourth-order valence-corrected chi connectivity index (χ4v) is 2.23. The molecule has 0 aliphatic carbocycles. The molecule has 3 aromatic rings. The van der Waals surface area contributed by atoms with Gasteiger partial charge in [0.05, 0.1) is 0 Å². The summed E-state index contributed by atoms with van der Waals surface area (Å²) in [5.41, 5.74) is 1.23. The van der Waals surface area contributed by atoms with E-state index in [0.29, 0.717) is 22.2 Å². The van der Waals surface area contributed by atoms with Crippen LogP contribution in [0.2, 0.25) is 0 Å². The smallest absolute Gasteiger partial charge is 0.351 e. The Bertz CT molecular complexity index is 926. The first-order valence-corrected chi connectivity index (χ1v) is 7.21. The zero-order valence-corrected chi connectivity index (χ0v) is 12.5. The lowest BCUT2D eigenvalue weighted by Crippen LogP contribution is -2.19. The predicted molar refractivity (Wildman–Crippen MR) is 88.7 cm³/mol. The monoisotopic (exact) mass is 304 g/mol. The van der Waals surface area contributed by atoms with Crippen molar-refractivity contribution in [3.63, 3.8) is 0 Å². The molecule has 2 radical (unpaired) electrons. The van der Waals surface area contributed by atoms with E-state index in [4.69, 9.17) is 17.0 Å². The summed E-state index contributed by atoms with van der Waals surface area (Å²) in [7, 11) is 5.58. The maximum Gasteiger partial charge on any atom is 0.351 e. The molecule has 0 saturated heterocycles. The van der Waals surface area contributed by atoms with Gasteiger partial charge in [0.1, 0.15) is 24.7 Å². The maximum absolute atomic E-state index is 12.2. The molecule has 2 aromatic carbocycles. The number of carbonyl (C=O) groups is 1. The summed E-state index contributed by atoms with van der Waals surface area (Å²) >= 11 is 0. The average Bonchev–Trinajstić information content (AvgIpc) is 2.55. The summed E-state index contributed by atoms with van der Waals surface area (Å²) < 4.78 is 10.4. The zero-order valence-electron chi connectivity index (χ0n) is 12.5. The van der Waals surface area contributed by atoms with E-state index in [0.717, 1.165) is 12.0 Å². The van der Waals surface area contributed by atoms with Crippen LogP contribution in [0.4, 0.5) is 0 Å². The van der Waals surface area contributed by atoms with Gasteiger partial charge in [0.15, 0.2) is 0 Å². The Morgan fingerprint density at radius 1 is 1.13 bits per heavy atom. The molecule has 1 aromatic heterocycles. The summed E-state index contributed by atoms with van der Waals surface area (Å²) in [6.45, 7) is 2.02. The van der Waals surface area contributed by atoms with E-state index in [1.54, 1.807) is 30.3 Å². The van der Waals surface area contributed by atoms with Crippen molar-refractivity contribution in [1.82, 2.24) is 0 Å². The Morgan fingerprint density at radius 3 is 2.57 bits per heavy atom. The third kappa shape index (κ3) is 3.18. The van der Waals surface area contributed by atoms with Crippen LogP contribution in [0.5, 0.6) is 5.75 Å². The van der Waals surface area contributed by atoms with Gasteiger partial charge < -0.3 is 9.15 Å². The molecule has 0 amide bonds. The largest absolute Gasteiger partial charge is 0.423 e. The Labute approximate surface area is 134 Å². The van der Waals surface area contributed by atoms with E-state index in [-0.39, 0.29) is 5.56 Å². The van der Waals surface area contributed by atoms with Gasteiger partial charge in [-0.25, -0.2) is 9.59 Å². The topological polar surface area (TPSA) is 56.5 Å². The van der Waals surface area contributed by atoms with Crippen LogP contribution in [0, 0.1) is 0 Å². The second-order valence-corrected chi connectivity index (χ2v) is 5.13. The SMILES string of the molecule is [B]c1ccc(OC(=O)c2cc3cc(CC)ccc3oc2=O)cc1. The van der Waals surface area contributed by atoms with Crippen molar-refractivity contribution in [2.24, 2.45) is 0 Å². The Balaban J connectivity index is 1.97. The van der Waals surface area contributed by atoms with Crippen molar-refractivity contribution in [2.45, 2.75) is 13.3 Å². The molecular weight excluding hydrogens is 291 g/mol. The van der Waals surface area contributed by atoms with Gasteiger partial charge in [0.2, 0.25) is 0 Å². The molecule has 4 nitrogen and oxygen atoms in total. The lowest BCUT2D eigenvalue weighted by molar-refractivity contribution is 0.0730. The molecule has 0 spiro atoms. The normalized spacial score (nSPS) is 10.7. The number of ether oxygens (including phenoxy) is 1. The molecule has 1 heterocycles. The highest BCUT2D eigenvalue weighted by molar-refractivity contribution is 6.32. The molecule has 0 bridgehead atoms. The van der Waals surface area contributed by atoms with Gasteiger partial charge >= 0.3 is 11.6 Å². The van der Waals surface area contributed by atoms with Crippen molar-refractivity contribution in [1.29, 1.82) is 0 Å². The van der Waals surface area contributed by atoms with E-state index in [9.17, 15) is 9.59 Å². The van der Waals surface area contributed by atoms with Crippen LogP contribution in [0.25, 0.3) is 11.0 Å². The van der Waals surface area contributed by atoms with Crippen LogP contribution < -0.4 is 15.8 Å². The average molecular weight is 304 g/mol. The number of benzene rings is 2. The van der Waals surface area contributed by atoms with Crippen LogP contribution in [0.3, 0.4) is 0 Å². The summed E-state index contributed by atoms with van der Waals surface area (Å²) in [6.07, 6.45) is 0.848. The van der Waals surface area contributed by atoms with E-state index < -0.39 is 11.6 Å². The second kappa shape index (κ2) is 6.12. The molecule has 5 heteroatoms. The van der Waals surface area contributed by atoms with E-state index in [1.165, 1.54) is 6.07 Å². The third-order valence-electron chi connectivity index (χ3n) is 3.52. The number of carbonyl (C=O) groups excluding carboxylic acids is 1. The highest BCUT2D eigenvalue weighted by Gasteiger charge is 2.16. The standard InChI is InChI=1S/C18H13BO4/c1-2-11-3-8-16-12(9-11)10-15(18(21)23-16)17(20)22-14-6-4-13(19)5-7-14/h3-10H,2H2,1H3. The predicted octanol–water partition coefficient (Wildman–Crippen LogP) is 2.37. The highest BCUT2D eigenvalue weighted by Crippen LogP contribution is 2.17. The molecule has 0 aliphatic rings. The summed E-state index contributed by atoms with van der Waals surface area (Å²) in [6, 6.07) is 13.3. The fourth-order valence-electron chi connectivity index (χ4n) is 2.23. The summed E-state index contributed by atoms with van der Waals surface area (Å²) in [5, 5.41) is 0.688. The lowest BCUT2D eigenvalue weighted by Gasteiger charge is -2.05. The van der Waals surface area contributed by atoms with E-state index in [2.05, 4.69) is 0 Å². The van der Waals surface area contributed by atoms with Crippen LogP contribution in [-0.2, 0) is 6.42 Å². The number of esters is 1. The first kappa shape index (κ1) is 15.1. The van der Waals surface area contributed by atoms with Gasteiger partial charge in [-0.15, -0.1) is 0 Å². The fraction of sp³-hybridized carbons (Fsp3) is 0.111. The molecule has 0 fully saturated rings. The molecule has 3 rings (SSSR count). The van der Waals surface area contributed by atoms with Crippen molar-refractivity contribution < 1.29 is 13.9 Å². The van der Waals surface area contributed by atoms with Crippen molar-refractivity contribution in [3.05, 3.63) is 70.1 Å². The van der Waals surface area contributed by atoms with Crippen LogP contribution >= 0.6 is 0 Å². The third-order valence-corrected chi connectivity index (χ3v) is 3.52. The van der Waals surface area contributed by atoms with Crippen LogP contribution in [-0.4, -0.2) is 13.8 Å². The maximum atomic E-state index is 12.2. The van der Waals surface area contributed by atoms with Gasteiger partial charge in [0, 0.05) is 5.39 Å². The molecule has 0 N–H and O–H groups in total. The number of fused-ring (bicyclic) bond motifs is 1. The first-order chi connectivity index (χ1) is 11.1. The number of hydrogen-bond acceptors (Lipinski definition) is 4. The molecule has 0 atom stereocenters. The lowest BCUT2D eigenvalue weighted by atomic mass is 9.97. The minimum absolute atomic E-state index is 0.137. The Morgan fingerprint density at radius 2 is 1.87 bits per heavy atom. The number of hydrogen-bond donors (Lipinski definition) is 0. The quantitative estimate of drug-likeness (QED) is 0.323.